The summed E-state index contributed by atoms with van der Waals surface area (Å²) in [6.07, 6.45) is 5.82. The Morgan fingerprint density at radius 3 is 2.40 bits per heavy atom. The number of hydrogen-bond donors (Lipinski definition) is 0. The fraction of sp³-hybridized carbons (Fsp3) is 0.526. The summed E-state index contributed by atoms with van der Waals surface area (Å²) in [5.41, 5.74) is 1.95. The van der Waals surface area contributed by atoms with Gasteiger partial charge in [-0.3, -0.25) is 4.79 Å². The van der Waals surface area contributed by atoms with Crippen molar-refractivity contribution in [2.24, 2.45) is 5.92 Å². The number of aromatic nitrogens is 1. The third kappa shape index (κ3) is 3.14. The molecule has 0 N–H and O–H groups in total. The van der Waals surface area contributed by atoms with Crippen LogP contribution in [0.5, 0.6) is 0 Å². The van der Waals surface area contributed by atoms with Crippen molar-refractivity contribution in [1.29, 1.82) is 0 Å². The Kier molecular flexibility index (Phi) is 4.67. The lowest BCUT2D eigenvalue weighted by Gasteiger charge is -2.34. The minimum Gasteiger partial charge on any atom is -0.350 e. The predicted octanol–water partition coefficient (Wildman–Crippen LogP) is 3.38. The first-order valence-corrected chi connectivity index (χ1v) is 9.72. The van der Waals surface area contributed by atoms with Gasteiger partial charge >= 0.3 is 0 Å². The van der Waals surface area contributed by atoms with Gasteiger partial charge in [-0.1, -0.05) is 0 Å². The number of hydrogen-bond acceptors (Lipinski definition) is 4. The zero-order valence-electron chi connectivity index (χ0n) is 14.7. The van der Waals surface area contributed by atoms with E-state index in [9.17, 15) is 4.79 Å². The molecule has 2 aromatic rings. The van der Waals surface area contributed by atoms with Crippen molar-refractivity contribution in [3.8, 4) is 5.00 Å². The third-order valence-electron chi connectivity index (χ3n) is 5.28. The molecule has 6 heteroatoms. The standard InChI is InChI=1S/C19H24N2O3S/c1-13-14(2)25-18(21-7-3-4-8-21)16(13)17(22)20-9-5-15(6-10-20)19-23-11-12-24-19/h3-4,7-8,15,19H,5-6,9-12H2,1-2H3. The second-order valence-corrected chi connectivity index (χ2v) is 8.00. The van der Waals surface area contributed by atoms with Gasteiger partial charge in [0.2, 0.25) is 0 Å². The number of amides is 1. The topological polar surface area (TPSA) is 43.7 Å². The zero-order valence-corrected chi connectivity index (χ0v) is 15.6. The molecule has 2 saturated heterocycles. The van der Waals surface area contributed by atoms with Gasteiger partial charge in [0, 0.05) is 36.3 Å². The van der Waals surface area contributed by atoms with Crippen LogP contribution in [0.4, 0.5) is 0 Å². The molecule has 0 spiro atoms. The number of carbonyl (C=O) groups is 1. The summed E-state index contributed by atoms with van der Waals surface area (Å²) in [6, 6.07) is 3.98. The quantitative estimate of drug-likeness (QED) is 0.843. The fourth-order valence-corrected chi connectivity index (χ4v) is 4.81. The largest absolute Gasteiger partial charge is 0.350 e. The number of piperidine rings is 1. The molecular weight excluding hydrogens is 336 g/mol. The number of likely N-dealkylation sites (tertiary alicyclic amines) is 1. The number of thiophene rings is 1. The van der Waals surface area contributed by atoms with Gasteiger partial charge in [0.15, 0.2) is 6.29 Å². The van der Waals surface area contributed by atoms with Gasteiger partial charge in [-0.2, -0.15) is 0 Å². The van der Waals surface area contributed by atoms with Gasteiger partial charge in [-0.05, 0) is 44.4 Å². The minimum atomic E-state index is -0.0715. The minimum absolute atomic E-state index is 0.0715. The third-order valence-corrected chi connectivity index (χ3v) is 6.50. The first-order valence-electron chi connectivity index (χ1n) is 8.91. The van der Waals surface area contributed by atoms with Gasteiger partial charge in [0.05, 0.1) is 18.8 Å². The first kappa shape index (κ1) is 16.8. The van der Waals surface area contributed by atoms with Crippen molar-refractivity contribution in [3.63, 3.8) is 0 Å². The molecule has 0 bridgehead atoms. The lowest BCUT2D eigenvalue weighted by Crippen LogP contribution is -2.41. The van der Waals surface area contributed by atoms with E-state index in [-0.39, 0.29) is 12.2 Å². The van der Waals surface area contributed by atoms with E-state index in [4.69, 9.17) is 9.47 Å². The first-order chi connectivity index (χ1) is 12.1. The van der Waals surface area contributed by atoms with Crippen molar-refractivity contribution in [2.75, 3.05) is 26.3 Å². The summed E-state index contributed by atoms with van der Waals surface area (Å²) in [7, 11) is 0. The monoisotopic (exact) mass is 360 g/mol. The highest BCUT2D eigenvalue weighted by Crippen LogP contribution is 2.33. The average Bonchev–Trinajstić information content (AvgIpc) is 3.37. The summed E-state index contributed by atoms with van der Waals surface area (Å²) >= 11 is 1.69. The van der Waals surface area contributed by atoms with E-state index in [0.717, 1.165) is 42.1 Å². The summed E-state index contributed by atoms with van der Waals surface area (Å²) in [4.78, 5) is 16.4. The number of rotatable bonds is 3. The highest BCUT2D eigenvalue weighted by Gasteiger charge is 2.33. The van der Waals surface area contributed by atoms with Crippen molar-refractivity contribution in [1.82, 2.24) is 9.47 Å². The molecule has 0 unspecified atom stereocenters. The van der Waals surface area contributed by atoms with E-state index < -0.39 is 0 Å². The zero-order chi connectivity index (χ0) is 17.4. The van der Waals surface area contributed by atoms with E-state index in [2.05, 4.69) is 13.8 Å². The maximum absolute atomic E-state index is 13.2. The Balaban J connectivity index is 1.52. The molecule has 0 aliphatic carbocycles. The van der Waals surface area contributed by atoms with Crippen LogP contribution in [-0.2, 0) is 9.47 Å². The van der Waals surface area contributed by atoms with Gasteiger partial charge in [0.25, 0.3) is 5.91 Å². The summed E-state index contributed by atoms with van der Waals surface area (Å²) < 4.78 is 13.3. The molecule has 2 aromatic heterocycles. The molecule has 2 aliphatic heterocycles. The van der Waals surface area contributed by atoms with E-state index in [1.165, 1.54) is 4.88 Å². The summed E-state index contributed by atoms with van der Waals surface area (Å²) in [6.45, 7) is 7.07. The van der Waals surface area contributed by atoms with Crippen LogP contribution in [0.25, 0.3) is 5.00 Å². The molecule has 5 nitrogen and oxygen atoms in total. The molecule has 2 fully saturated rings. The van der Waals surface area contributed by atoms with Crippen molar-refractivity contribution >= 4 is 17.2 Å². The molecule has 1 amide bonds. The van der Waals surface area contributed by atoms with Crippen LogP contribution in [-0.4, -0.2) is 48.0 Å². The van der Waals surface area contributed by atoms with Crippen molar-refractivity contribution < 1.29 is 14.3 Å². The SMILES string of the molecule is Cc1sc(-n2cccc2)c(C(=O)N2CCC(C3OCCO3)CC2)c1C. The van der Waals surface area contributed by atoms with E-state index in [1.807, 2.05) is 34.0 Å². The van der Waals surface area contributed by atoms with Crippen molar-refractivity contribution in [2.45, 2.75) is 33.0 Å². The Morgan fingerprint density at radius 2 is 1.76 bits per heavy atom. The molecule has 25 heavy (non-hydrogen) atoms. The highest BCUT2D eigenvalue weighted by molar-refractivity contribution is 7.15. The van der Waals surface area contributed by atoms with Crippen LogP contribution in [0.1, 0.15) is 33.6 Å². The summed E-state index contributed by atoms with van der Waals surface area (Å²) in [5, 5.41) is 1.02. The predicted molar refractivity (Wildman–Crippen MR) is 97.4 cm³/mol. The lowest BCUT2D eigenvalue weighted by atomic mass is 9.95. The average molecular weight is 360 g/mol. The molecule has 2 aliphatic rings. The maximum Gasteiger partial charge on any atom is 0.257 e. The van der Waals surface area contributed by atoms with Crippen molar-refractivity contribution in [3.05, 3.63) is 40.5 Å². The molecule has 134 valence electrons. The van der Waals surface area contributed by atoms with Crippen LogP contribution in [0.3, 0.4) is 0 Å². The molecule has 0 saturated carbocycles. The smallest absolute Gasteiger partial charge is 0.257 e. The lowest BCUT2D eigenvalue weighted by molar-refractivity contribution is -0.0956. The summed E-state index contributed by atoms with van der Waals surface area (Å²) in [5.74, 6) is 0.554. The number of ether oxygens (including phenoxy) is 2. The van der Waals surface area contributed by atoms with E-state index >= 15 is 0 Å². The van der Waals surface area contributed by atoms with Gasteiger partial charge in [0.1, 0.15) is 5.00 Å². The normalized spacial score (nSPS) is 19.7. The number of aryl methyl sites for hydroxylation is 1. The van der Waals surface area contributed by atoms with Crippen LogP contribution < -0.4 is 0 Å². The Morgan fingerprint density at radius 1 is 1.12 bits per heavy atom. The molecule has 0 aromatic carbocycles. The van der Waals surface area contributed by atoms with Gasteiger partial charge in [-0.15, -0.1) is 11.3 Å². The number of carbonyl (C=O) groups excluding carboxylic acids is 1. The second kappa shape index (κ2) is 6.94. The molecule has 0 atom stereocenters. The second-order valence-electron chi connectivity index (χ2n) is 6.79. The maximum atomic E-state index is 13.2. The number of nitrogens with zero attached hydrogens (tertiary/aromatic N) is 2. The van der Waals surface area contributed by atoms with E-state index in [0.29, 0.717) is 19.1 Å². The van der Waals surface area contributed by atoms with Gasteiger partial charge < -0.3 is 18.9 Å². The van der Waals surface area contributed by atoms with Gasteiger partial charge in [-0.25, -0.2) is 0 Å². The molecule has 4 rings (SSSR count). The fourth-order valence-electron chi connectivity index (χ4n) is 3.69. The Labute approximate surface area is 152 Å². The molecule has 4 heterocycles. The highest BCUT2D eigenvalue weighted by atomic mass is 32.1. The van der Waals surface area contributed by atoms with E-state index in [1.54, 1.807) is 11.3 Å². The molecule has 0 radical (unpaired) electrons. The van der Waals surface area contributed by atoms with Crippen LogP contribution >= 0.6 is 11.3 Å². The Hall–Kier alpha value is -1.63. The Bertz CT molecular complexity index is 739. The molecular formula is C19H24N2O3S. The van der Waals surface area contributed by atoms with Crippen LogP contribution in [0, 0.1) is 19.8 Å². The van der Waals surface area contributed by atoms with Crippen LogP contribution in [0.2, 0.25) is 0 Å². The van der Waals surface area contributed by atoms with Crippen LogP contribution in [0.15, 0.2) is 24.5 Å².